The lowest BCUT2D eigenvalue weighted by Crippen LogP contribution is -2.50. The average Bonchev–Trinajstić information content (AvgIpc) is 3.24. The van der Waals surface area contributed by atoms with E-state index in [-0.39, 0.29) is 46.9 Å². The number of likely N-dealkylation sites (tertiary alicyclic amines) is 1. The molecule has 2 unspecified atom stereocenters. The standard InChI is InChI=1S/C19H27N3O4S2/c1-14-4-6-15(7-5-14)20-18(23)10-27-11-19(24)21-16-12-28(25,26)13-17(16)22-8-2-3-9-22/h4-7,16-17H,2-3,8-13H2,1H3,(H,20,23)(H,21,24). The number of hydrogen-bond donors (Lipinski definition) is 2. The molecule has 0 aromatic heterocycles. The Morgan fingerprint density at radius 3 is 2.39 bits per heavy atom. The number of amides is 2. The molecular weight excluding hydrogens is 398 g/mol. The fourth-order valence-corrected chi connectivity index (χ4v) is 6.30. The number of nitrogens with one attached hydrogen (secondary N) is 2. The number of carbonyl (C=O) groups excluding carboxylic acids is 2. The smallest absolute Gasteiger partial charge is 0.234 e. The average molecular weight is 426 g/mol. The monoisotopic (exact) mass is 425 g/mol. The Hall–Kier alpha value is -1.58. The van der Waals surface area contributed by atoms with Crippen LogP contribution in [0.1, 0.15) is 18.4 Å². The maximum atomic E-state index is 12.3. The van der Waals surface area contributed by atoms with Gasteiger partial charge < -0.3 is 10.6 Å². The van der Waals surface area contributed by atoms with Gasteiger partial charge in [0, 0.05) is 11.7 Å². The van der Waals surface area contributed by atoms with Crippen LogP contribution in [-0.4, -0.2) is 73.3 Å². The molecule has 2 heterocycles. The van der Waals surface area contributed by atoms with Crippen LogP contribution < -0.4 is 10.6 Å². The predicted octanol–water partition coefficient (Wildman–Crippen LogP) is 1.04. The molecule has 0 radical (unpaired) electrons. The van der Waals surface area contributed by atoms with Crippen LogP contribution in [0.25, 0.3) is 0 Å². The van der Waals surface area contributed by atoms with Gasteiger partial charge in [0.25, 0.3) is 0 Å². The van der Waals surface area contributed by atoms with Crippen molar-refractivity contribution in [2.45, 2.75) is 31.8 Å². The Balaban J connectivity index is 1.43. The van der Waals surface area contributed by atoms with Crippen LogP contribution in [0, 0.1) is 6.92 Å². The Kier molecular flexibility index (Phi) is 7.00. The molecule has 2 N–H and O–H groups in total. The Bertz CT molecular complexity index is 805. The van der Waals surface area contributed by atoms with Gasteiger partial charge in [0.15, 0.2) is 9.84 Å². The van der Waals surface area contributed by atoms with Crippen LogP contribution in [0.15, 0.2) is 24.3 Å². The summed E-state index contributed by atoms with van der Waals surface area (Å²) in [5.74, 6) is 0.0203. The minimum Gasteiger partial charge on any atom is -0.350 e. The number of sulfone groups is 1. The van der Waals surface area contributed by atoms with E-state index in [0.717, 1.165) is 37.2 Å². The van der Waals surface area contributed by atoms with Gasteiger partial charge in [-0.25, -0.2) is 8.42 Å². The Labute approximate surface area is 170 Å². The summed E-state index contributed by atoms with van der Waals surface area (Å²) in [5.41, 5.74) is 1.84. The largest absolute Gasteiger partial charge is 0.350 e. The Morgan fingerprint density at radius 2 is 1.71 bits per heavy atom. The van der Waals surface area contributed by atoms with E-state index in [4.69, 9.17) is 0 Å². The zero-order valence-electron chi connectivity index (χ0n) is 16.0. The second-order valence-electron chi connectivity index (χ2n) is 7.47. The molecule has 0 saturated carbocycles. The molecule has 7 nitrogen and oxygen atoms in total. The summed E-state index contributed by atoms with van der Waals surface area (Å²) in [5, 5.41) is 5.67. The van der Waals surface area contributed by atoms with Crippen molar-refractivity contribution in [3.63, 3.8) is 0 Å². The molecule has 2 aliphatic rings. The summed E-state index contributed by atoms with van der Waals surface area (Å²) in [7, 11) is -3.13. The van der Waals surface area contributed by atoms with E-state index in [9.17, 15) is 18.0 Å². The summed E-state index contributed by atoms with van der Waals surface area (Å²) in [4.78, 5) is 26.4. The third kappa shape index (κ3) is 5.96. The molecule has 3 rings (SSSR count). The molecule has 154 valence electrons. The highest BCUT2D eigenvalue weighted by atomic mass is 32.2. The van der Waals surface area contributed by atoms with Crippen molar-refractivity contribution in [3.05, 3.63) is 29.8 Å². The molecule has 2 aliphatic heterocycles. The zero-order valence-corrected chi connectivity index (χ0v) is 17.7. The summed E-state index contributed by atoms with van der Waals surface area (Å²) >= 11 is 1.22. The minimum atomic E-state index is -3.13. The van der Waals surface area contributed by atoms with E-state index in [2.05, 4.69) is 15.5 Å². The van der Waals surface area contributed by atoms with E-state index in [1.54, 1.807) is 0 Å². The van der Waals surface area contributed by atoms with Crippen LogP contribution in [0.5, 0.6) is 0 Å². The van der Waals surface area contributed by atoms with Gasteiger partial charge in [0.05, 0.1) is 29.1 Å². The van der Waals surface area contributed by atoms with Crippen LogP contribution >= 0.6 is 11.8 Å². The van der Waals surface area contributed by atoms with Gasteiger partial charge in [0.1, 0.15) is 0 Å². The van der Waals surface area contributed by atoms with Crippen LogP contribution in [0.4, 0.5) is 5.69 Å². The third-order valence-electron chi connectivity index (χ3n) is 5.08. The zero-order chi connectivity index (χ0) is 20.1. The third-order valence-corrected chi connectivity index (χ3v) is 7.73. The maximum absolute atomic E-state index is 12.3. The van der Waals surface area contributed by atoms with Crippen molar-refractivity contribution < 1.29 is 18.0 Å². The molecule has 2 saturated heterocycles. The van der Waals surface area contributed by atoms with Crippen molar-refractivity contribution in [3.8, 4) is 0 Å². The van der Waals surface area contributed by atoms with E-state index in [1.807, 2.05) is 31.2 Å². The molecule has 0 aliphatic carbocycles. The van der Waals surface area contributed by atoms with Crippen LogP contribution in [0.2, 0.25) is 0 Å². The predicted molar refractivity (Wildman–Crippen MR) is 112 cm³/mol. The van der Waals surface area contributed by atoms with Crippen molar-refractivity contribution in [1.82, 2.24) is 10.2 Å². The summed E-state index contributed by atoms with van der Waals surface area (Å²) in [6.07, 6.45) is 2.15. The van der Waals surface area contributed by atoms with Crippen molar-refractivity contribution in [2.75, 3.05) is 41.4 Å². The number of thioether (sulfide) groups is 1. The molecule has 1 aromatic rings. The molecule has 9 heteroatoms. The van der Waals surface area contributed by atoms with Gasteiger partial charge in [-0.15, -0.1) is 11.8 Å². The van der Waals surface area contributed by atoms with Gasteiger partial charge in [0.2, 0.25) is 11.8 Å². The second kappa shape index (κ2) is 9.28. The molecular formula is C19H27N3O4S2. The first-order valence-electron chi connectivity index (χ1n) is 9.50. The number of rotatable bonds is 7. The number of nitrogens with zero attached hydrogens (tertiary/aromatic N) is 1. The first kappa shape index (κ1) is 21.1. The molecule has 1 aromatic carbocycles. The minimum absolute atomic E-state index is 0.00150. The molecule has 2 amide bonds. The lowest BCUT2D eigenvalue weighted by Gasteiger charge is -2.28. The molecule has 0 spiro atoms. The highest BCUT2D eigenvalue weighted by Crippen LogP contribution is 2.22. The molecule has 2 fully saturated rings. The van der Waals surface area contributed by atoms with Crippen molar-refractivity contribution >= 4 is 39.1 Å². The highest BCUT2D eigenvalue weighted by molar-refractivity contribution is 8.00. The topological polar surface area (TPSA) is 95.6 Å². The van der Waals surface area contributed by atoms with Crippen LogP contribution in [-0.2, 0) is 19.4 Å². The van der Waals surface area contributed by atoms with Crippen molar-refractivity contribution in [2.24, 2.45) is 0 Å². The highest BCUT2D eigenvalue weighted by Gasteiger charge is 2.42. The fraction of sp³-hybridized carbons (Fsp3) is 0.579. The molecule has 28 heavy (non-hydrogen) atoms. The Morgan fingerprint density at radius 1 is 1.07 bits per heavy atom. The molecule has 0 bridgehead atoms. The summed E-state index contributed by atoms with van der Waals surface area (Å²) in [6, 6.07) is 7.02. The normalized spacial score (nSPS) is 24.2. The fourth-order valence-electron chi connectivity index (χ4n) is 3.72. The lowest BCUT2D eigenvalue weighted by atomic mass is 10.1. The van der Waals surface area contributed by atoms with Gasteiger partial charge in [-0.2, -0.15) is 0 Å². The number of carbonyl (C=O) groups is 2. The number of anilines is 1. The van der Waals surface area contributed by atoms with E-state index >= 15 is 0 Å². The molecule has 2 atom stereocenters. The quantitative estimate of drug-likeness (QED) is 0.678. The summed E-state index contributed by atoms with van der Waals surface area (Å²) in [6.45, 7) is 3.75. The van der Waals surface area contributed by atoms with Gasteiger partial charge in [-0.05, 0) is 45.0 Å². The van der Waals surface area contributed by atoms with Crippen molar-refractivity contribution in [1.29, 1.82) is 0 Å². The number of hydrogen-bond acceptors (Lipinski definition) is 6. The lowest BCUT2D eigenvalue weighted by molar-refractivity contribution is -0.119. The van der Waals surface area contributed by atoms with Gasteiger partial charge in [-0.3, -0.25) is 14.5 Å². The van der Waals surface area contributed by atoms with Gasteiger partial charge in [-0.1, -0.05) is 17.7 Å². The van der Waals surface area contributed by atoms with E-state index in [0.29, 0.717) is 0 Å². The van der Waals surface area contributed by atoms with E-state index in [1.165, 1.54) is 11.8 Å². The number of benzene rings is 1. The van der Waals surface area contributed by atoms with E-state index < -0.39 is 9.84 Å². The van der Waals surface area contributed by atoms with Crippen LogP contribution in [0.3, 0.4) is 0 Å². The first-order chi connectivity index (χ1) is 13.3. The second-order valence-corrected chi connectivity index (χ2v) is 10.6. The summed E-state index contributed by atoms with van der Waals surface area (Å²) < 4.78 is 24.1. The maximum Gasteiger partial charge on any atom is 0.234 e. The first-order valence-corrected chi connectivity index (χ1v) is 12.5. The SMILES string of the molecule is Cc1ccc(NC(=O)CSCC(=O)NC2CS(=O)(=O)CC2N2CCCC2)cc1. The number of aryl methyl sites for hydroxylation is 1. The van der Waals surface area contributed by atoms with Gasteiger partial charge >= 0.3 is 0 Å².